The smallest absolute Gasteiger partial charge is 0.265 e. The number of anilines is 1. The van der Waals surface area contributed by atoms with E-state index in [2.05, 4.69) is 15.9 Å². The van der Waals surface area contributed by atoms with E-state index in [4.69, 9.17) is 10.5 Å². The largest absolute Gasteiger partial charge is 0.398 e. The van der Waals surface area contributed by atoms with Crippen LogP contribution in [0.3, 0.4) is 0 Å². The Morgan fingerprint density at radius 2 is 2.47 bits per heavy atom. The molecule has 0 saturated carbocycles. The molecule has 1 aliphatic rings. The Morgan fingerprint density at radius 3 is 3.13 bits per heavy atom. The molecule has 15 heavy (non-hydrogen) atoms. The Bertz CT molecular complexity index is 410. The Morgan fingerprint density at radius 1 is 1.67 bits per heavy atom. The molecule has 0 bridgehead atoms. The molecule has 0 aromatic carbocycles. The summed E-state index contributed by atoms with van der Waals surface area (Å²) >= 11 is 3.19. The van der Waals surface area contributed by atoms with Crippen LogP contribution in [0, 0.1) is 0 Å². The number of ether oxygens (including phenoxy) is 1. The van der Waals surface area contributed by atoms with Crippen LogP contribution in [-0.4, -0.2) is 17.3 Å². The van der Waals surface area contributed by atoms with E-state index < -0.39 is 0 Å². The van der Waals surface area contributed by atoms with Crippen LogP contribution in [0.15, 0.2) is 21.5 Å². The van der Waals surface area contributed by atoms with Gasteiger partial charge in [0.05, 0.1) is 17.1 Å². The van der Waals surface area contributed by atoms with Crippen molar-refractivity contribution in [3.8, 4) is 0 Å². The lowest BCUT2D eigenvalue weighted by molar-refractivity contribution is 0.0961. The zero-order valence-electron chi connectivity index (χ0n) is 8.28. The van der Waals surface area contributed by atoms with Crippen molar-refractivity contribution in [1.82, 2.24) is 4.57 Å². The quantitative estimate of drug-likeness (QED) is 0.885. The van der Waals surface area contributed by atoms with Gasteiger partial charge in [0.15, 0.2) is 0 Å². The molecule has 1 saturated heterocycles. The van der Waals surface area contributed by atoms with Crippen LogP contribution in [0.1, 0.15) is 12.8 Å². The van der Waals surface area contributed by atoms with Gasteiger partial charge in [-0.3, -0.25) is 4.79 Å². The third-order valence-corrected chi connectivity index (χ3v) is 3.06. The number of pyridine rings is 1. The van der Waals surface area contributed by atoms with Gasteiger partial charge in [-0.15, -0.1) is 0 Å². The van der Waals surface area contributed by atoms with Crippen LogP contribution in [0.5, 0.6) is 0 Å². The maximum atomic E-state index is 11.7. The SMILES string of the molecule is Nc1cc(Br)c(=O)n(C[C@@H]2CCCO2)c1. The van der Waals surface area contributed by atoms with E-state index in [0.29, 0.717) is 16.7 Å². The molecule has 0 radical (unpaired) electrons. The minimum atomic E-state index is -0.0558. The second-order valence-corrected chi connectivity index (χ2v) is 4.57. The van der Waals surface area contributed by atoms with Crippen LogP contribution in [-0.2, 0) is 11.3 Å². The number of nitrogen functional groups attached to an aromatic ring is 1. The van der Waals surface area contributed by atoms with Crippen molar-refractivity contribution in [2.75, 3.05) is 12.3 Å². The molecule has 82 valence electrons. The maximum Gasteiger partial charge on any atom is 0.265 e. The van der Waals surface area contributed by atoms with Crippen molar-refractivity contribution in [2.45, 2.75) is 25.5 Å². The predicted octanol–water partition coefficient (Wildman–Crippen LogP) is 1.37. The third-order valence-electron chi connectivity index (χ3n) is 2.49. The maximum absolute atomic E-state index is 11.7. The first-order valence-electron chi connectivity index (χ1n) is 4.94. The van der Waals surface area contributed by atoms with Crippen molar-refractivity contribution < 1.29 is 4.74 Å². The molecule has 2 N–H and O–H groups in total. The van der Waals surface area contributed by atoms with Gasteiger partial charge in [-0.1, -0.05) is 0 Å². The van der Waals surface area contributed by atoms with Crippen molar-refractivity contribution >= 4 is 21.6 Å². The van der Waals surface area contributed by atoms with Gasteiger partial charge >= 0.3 is 0 Å². The van der Waals surface area contributed by atoms with Crippen molar-refractivity contribution in [2.24, 2.45) is 0 Å². The Kier molecular flexibility index (Phi) is 3.11. The average molecular weight is 273 g/mol. The summed E-state index contributed by atoms with van der Waals surface area (Å²) in [6.07, 6.45) is 3.90. The van der Waals surface area contributed by atoms with Crippen LogP contribution in [0.2, 0.25) is 0 Å². The molecule has 1 atom stereocenters. The number of halogens is 1. The normalized spacial score (nSPS) is 20.7. The first-order chi connectivity index (χ1) is 7.16. The Labute approximate surface area is 96.2 Å². The van der Waals surface area contributed by atoms with E-state index in [1.54, 1.807) is 16.8 Å². The monoisotopic (exact) mass is 272 g/mol. The number of rotatable bonds is 2. The van der Waals surface area contributed by atoms with Gasteiger partial charge in [0.25, 0.3) is 5.56 Å². The Hall–Kier alpha value is -0.810. The molecule has 5 heteroatoms. The number of hydrogen-bond acceptors (Lipinski definition) is 3. The summed E-state index contributed by atoms with van der Waals surface area (Å²) in [6.45, 7) is 1.38. The fourth-order valence-electron chi connectivity index (χ4n) is 1.76. The summed E-state index contributed by atoms with van der Waals surface area (Å²) in [4.78, 5) is 11.7. The van der Waals surface area contributed by atoms with Gasteiger partial charge in [0, 0.05) is 18.5 Å². The summed E-state index contributed by atoms with van der Waals surface area (Å²) in [5.74, 6) is 0. The molecule has 4 nitrogen and oxygen atoms in total. The predicted molar refractivity (Wildman–Crippen MR) is 61.8 cm³/mol. The highest BCUT2D eigenvalue weighted by Crippen LogP contribution is 2.15. The highest BCUT2D eigenvalue weighted by molar-refractivity contribution is 9.10. The van der Waals surface area contributed by atoms with E-state index in [9.17, 15) is 4.79 Å². The molecule has 0 spiro atoms. The molecule has 1 aromatic rings. The average Bonchev–Trinajstić information content (AvgIpc) is 2.66. The number of hydrogen-bond donors (Lipinski definition) is 1. The molecule has 2 rings (SSSR count). The molecule has 0 unspecified atom stereocenters. The molecule has 0 amide bonds. The van der Waals surface area contributed by atoms with Crippen LogP contribution >= 0.6 is 15.9 Å². The summed E-state index contributed by atoms with van der Waals surface area (Å²) in [5, 5.41) is 0. The highest BCUT2D eigenvalue weighted by atomic mass is 79.9. The van der Waals surface area contributed by atoms with E-state index in [1.807, 2.05) is 0 Å². The number of nitrogens with zero attached hydrogens (tertiary/aromatic N) is 1. The molecular formula is C10H13BrN2O2. The van der Waals surface area contributed by atoms with Gasteiger partial charge < -0.3 is 15.0 Å². The van der Waals surface area contributed by atoms with Gasteiger partial charge in [0.2, 0.25) is 0 Å². The fraction of sp³-hybridized carbons (Fsp3) is 0.500. The summed E-state index contributed by atoms with van der Waals surface area (Å²) in [7, 11) is 0. The number of aromatic nitrogens is 1. The fourth-order valence-corrected chi connectivity index (χ4v) is 2.26. The molecule has 1 fully saturated rings. The molecule has 1 aliphatic heterocycles. The Balaban J connectivity index is 2.23. The van der Waals surface area contributed by atoms with Crippen molar-refractivity contribution in [1.29, 1.82) is 0 Å². The second-order valence-electron chi connectivity index (χ2n) is 3.71. The highest BCUT2D eigenvalue weighted by Gasteiger charge is 2.17. The van der Waals surface area contributed by atoms with Crippen molar-refractivity contribution in [3.63, 3.8) is 0 Å². The van der Waals surface area contributed by atoms with Gasteiger partial charge in [0.1, 0.15) is 0 Å². The van der Waals surface area contributed by atoms with E-state index in [-0.39, 0.29) is 11.7 Å². The zero-order chi connectivity index (χ0) is 10.8. The van der Waals surface area contributed by atoms with Crippen LogP contribution < -0.4 is 11.3 Å². The lowest BCUT2D eigenvalue weighted by Gasteiger charge is -2.12. The summed E-state index contributed by atoms with van der Waals surface area (Å²) in [5.41, 5.74) is 6.20. The molecular weight excluding hydrogens is 260 g/mol. The topological polar surface area (TPSA) is 57.2 Å². The summed E-state index contributed by atoms with van der Waals surface area (Å²) in [6, 6.07) is 1.62. The lowest BCUT2D eigenvalue weighted by Crippen LogP contribution is -2.26. The number of nitrogens with two attached hydrogens (primary N) is 1. The third kappa shape index (κ3) is 2.41. The lowest BCUT2D eigenvalue weighted by atomic mass is 10.2. The summed E-state index contributed by atoms with van der Waals surface area (Å²) < 4.78 is 7.58. The first-order valence-corrected chi connectivity index (χ1v) is 5.73. The van der Waals surface area contributed by atoms with Gasteiger partial charge in [-0.05, 0) is 34.8 Å². The minimum Gasteiger partial charge on any atom is -0.398 e. The standard InChI is InChI=1S/C10H13BrN2O2/c11-9-4-7(12)5-13(10(9)14)6-8-2-1-3-15-8/h4-5,8H,1-3,6,12H2/t8-/m0/s1. The van der Waals surface area contributed by atoms with E-state index in [1.165, 1.54) is 0 Å². The van der Waals surface area contributed by atoms with Crippen LogP contribution in [0.25, 0.3) is 0 Å². The van der Waals surface area contributed by atoms with Gasteiger partial charge in [-0.2, -0.15) is 0 Å². The van der Waals surface area contributed by atoms with Crippen molar-refractivity contribution in [3.05, 3.63) is 27.1 Å². The first kappa shape index (κ1) is 10.7. The van der Waals surface area contributed by atoms with E-state index in [0.717, 1.165) is 19.4 Å². The zero-order valence-corrected chi connectivity index (χ0v) is 9.87. The van der Waals surface area contributed by atoms with Crippen LogP contribution in [0.4, 0.5) is 5.69 Å². The molecule has 2 heterocycles. The molecule has 0 aliphatic carbocycles. The van der Waals surface area contributed by atoms with E-state index >= 15 is 0 Å². The minimum absolute atomic E-state index is 0.0558. The second kappa shape index (κ2) is 4.37. The van der Waals surface area contributed by atoms with Gasteiger partial charge in [-0.25, -0.2) is 0 Å². The molecule has 1 aromatic heterocycles.